The van der Waals surface area contributed by atoms with E-state index in [0.717, 1.165) is 22.8 Å². The fourth-order valence-corrected chi connectivity index (χ4v) is 4.97. The average Bonchev–Trinajstić information content (AvgIpc) is 3.19. The SMILES string of the molecule is Cc1nn2c(C(=O)NC[C@@H]3C[C@H]4C[C@@H]3[C@H](O)[C@@H]4O)c(C)nc2s1. The molecule has 3 N–H and O–H groups in total. The van der Waals surface area contributed by atoms with Crippen molar-refractivity contribution in [3.05, 3.63) is 16.4 Å². The van der Waals surface area contributed by atoms with Crippen LogP contribution in [-0.2, 0) is 0 Å². The van der Waals surface area contributed by atoms with Crippen LogP contribution in [0.5, 0.6) is 0 Å². The number of imidazole rings is 1. The van der Waals surface area contributed by atoms with Crippen LogP contribution < -0.4 is 5.32 Å². The van der Waals surface area contributed by atoms with Crippen LogP contribution in [-0.4, -0.2) is 49.5 Å². The molecule has 5 atom stereocenters. The second kappa shape index (κ2) is 5.25. The molecular weight excluding hydrogens is 316 g/mol. The Hall–Kier alpha value is -1.51. The Labute approximate surface area is 137 Å². The molecule has 0 spiro atoms. The van der Waals surface area contributed by atoms with Crippen LogP contribution in [0.15, 0.2) is 0 Å². The molecule has 2 bridgehead atoms. The van der Waals surface area contributed by atoms with Crippen molar-refractivity contribution in [2.45, 2.75) is 38.9 Å². The Morgan fingerprint density at radius 1 is 1.35 bits per heavy atom. The van der Waals surface area contributed by atoms with E-state index in [4.69, 9.17) is 0 Å². The van der Waals surface area contributed by atoms with E-state index in [2.05, 4.69) is 15.4 Å². The first-order chi connectivity index (χ1) is 11.0. The monoisotopic (exact) mass is 336 g/mol. The van der Waals surface area contributed by atoms with Gasteiger partial charge in [-0.15, -0.1) is 0 Å². The number of carbonyl (C=O) groups is 1. The maximum Gasteiger partial charge on any atom is 0.271 e. The molecule has 0 saturated heterocycles. The molecule has 0 aromatic carbocycles. The third-order valence-electron chi connectivity index (χ3n) is 5.28. The molecule has 0 radical (unpaired) electrons. The molecule has 7 nitrogen and oxygen atoms in total. The summed E-state index contributed by atoms with van der Waals surface area (Å²) in [5.41, 5.74) is 1.15. The first-order valence-corrected chi connectivity index (χ1v) is 8.74. The zero-order valence-corrected chi connectivity index (χ0v) is 13.9. The molecule has 2 heterocycles. The highest BCUT2D eigenvalue weighted by molar-refractivity contribution is 7.16. The van der Waals surface area contributed by atoms with Crippen LogP contribution in [0.3, 0.4) is 0 Å². The number of hydrogen-bond acceptors (Lipinski definition) is 6. The molecule has 0 unspecified atom stereocenters. The molecule has 2 aromatic rings. The minimum atomic E-state index is -0.653. The van der Waals surface area contributed by atoms with Crippen molar-refractivity contribution < 1.29 is 15.0 Å². The first-order valence-electron chi connectivity index (χ1n) is 7.92. The quantitative estimate of drug-likeness (QED) is 0.759. The molecule has 23 heavy (non-hydrogen) atoms. The number of fused-ring (bicyclic) bond motifs is 3. The van der Waals surface area contributed by atoms with Gasteiger partial charge in [0.1, 0.15) is 5.01 Å². The molecule has 124 valence electrons. The minimum absolute atomic E-state index is 0.0865. The van der Waals surface area contributed by atoms with Gasteiger partial charge in [0, 0.05) is 6.54 Å². The third-order valence-corrected chi connectivity index (χ3v) is 6.10. The number of aryl methyl sites for hydroxylation is 2. The highest BCUT2D eigenvalue weighted by atomic mass is 32.1. The second-order valence-corrected chi connectivity index (χ2v) is 7.87. The predicted octanol–water partition coefficient (Wildman–Crippen LogP) is 0.515. The van der Waals surface area contributed by atoms with Crippen LogP contribution in [0.25, 0.3) is 4.96 Å². The van der Waals surface area contributed by atoms with Gasteiger partial charge in [0.25, 0.3) is 5.91 Å². The van der Waals surface area contributed by atoms with Gasteiger partial charge in [-0.05, 0) is 44.4 Å². The number of aliphatic hydroxyl groups is 2. The molecule has 2 saturated carbocycles. The Bertz CT molecular complexity index is 768. The topological polar surface area (TPSA) is 99.8 Å². The van der Waals surface area contributed by atoms with Gasteiger partial charge in [0.15, 0.2) is 5.69 Å². The number of nitrogens with one attached hydrogen (secondary N) is 1. The van der Waals surface area contributed by atoms with Crippen molar-refractivity contribution in [3.63, 3.8) is 0 Å². The summed E-state index contributed by atoms with van der Waals surface area (Å²) in [6.07, 6.45) is 0.464. The first kappa shape index (κ1) is 15.0. The molecule has 2 aliphatic rings. The molecule has 1 amide bonds. The van der Waals surface area contributed by atoms with Gasteiger partial charge in [-0.1, -0.05) is 11.3 Å². The van der Waals surface area contributed by atoms with Crippen LogP contribution in [0.4, 0.5) is 0 Å². The van der Waals surface area contributed by atoms with Gasteiger partial charge in [-0.2, -0.15) is 9.61 Å². The van der Waals surface area contributed by atoms with Gasteiger partial charge < -0.3 is 15.5 Å². The highest BCUT2D eigenvalue weighted by Gasteiger charge is 2.51. The second-order valence-electron chi connectivity index (χ2n) is 6.71. The summed E-state index contributed by atoms with van der Waals surface area (Å²) < 4.78 is 1.60. The third kappa shape index (κ3) is 2.28. The maximum absolute atomic E-state index is 12.5. The molecule has 8 heteroatoms. The van der Waals surface area contributed by atoms with E-state index in [1.807, 2.05) is 13.8 Å². The number of aromatic nitrogens is 3. The summed E-state index contributed by atoms with van der Waals surface area (Å²) in [5.74, 6) is 0.297. The summed E-state index contributed by atoms with van der Waals surface area (Å²) in [7, 11) is 0. The lowest BCUT2D eigenvalue weighted by Crippen LogP contribution is -2.41. The number of rotatable bonds is 3. The van der Waals surface area contributed by atoms with Crippen LogP contribution >= 0.6 is 11.3 Å². The number of nitrogens with zero attached hydrogens (tertiary/aromatic N) is 3. The Morgan fingerprint density at radius 3 is 2.83 bits per heavy atom. The zero-order valence-electron chi connectivity index (χ0n) is 13.1. The normalized spacial score (nSPS) is 32.8. The lowest BCUT2D eigenvalue weighted by molar-refractivity contribution is -0.0332. The van der Waals surface area contributed by atoms with Crippen molar-refractivity contribution in [2.75, 3.05) is 6.54 Å². The van der Waals surface area contributed by atoms with Gasteiger partial charge in [0.2, 0.25) is 4.96 Å². The van der Waals surface area contributed by atoms with E-state index in [9.17, 15) is 15.0 Å². The lowest BCUT2D eigenvalue weighted by atomic mass is 9.85. The number of carbonyl (C=O) groups excluding carboxylic acids is 1. The van der Waals surface area contributed by atoms with Crippen molar-refractivity contribution in [2.24, 2.45) is 17.8 Å². The molecule has 0 aliphatic heterocycles. The van der Waals surface area contributed by atoms with Crippen LogP contribution in [0.2, 0.25) is 0 Å². The van der Waals surface area contributed by atoms with E-state index in [-0.39, 0.29) is 23.7 Å². The Balaban J connectivity index is 1.47. The van der Waals surface area contributed by atoms with Crippen LogP contribution in [0.1, 0.15) is 34.0 Å². The Morgan fingerprint density at radius 2 is 2.13 bits per heavy atom. The number of amides is 1. The fourth-order valence-electron chi connectivity index (χ4n) is 4.18. The van der Waals surface area contributed by atoms with Crippen molar-refractivity contribution in [1.82, 2.24) is 19.9 Å². The lowest BCUT2D eigenvalue weighted by Gasteiger charge is -2.29. The van der Waals surface area contributed by atoms with Crippen molar-refractivity contribution in [1.29, 1.82) is 0 Å². The fraction of sp³-hybridized carbons (Fsp3) is 0.667. The molecule has 2 aromatic heterocycles. The van der Waals surface area contributed by atoms with E-state index in [0.29, 0.717) is 17.9 Å². The summed E-state index contributed by atoms with van der Waals surface area (Å²) in [5, 5.41) is 28.0. The smallest absolute Gasteiger partial charge is 0.271 e. The zero-order chi connectivity index (χ0) is 16.3. The van der Waals surface area contributed by atoms with Crippen molar-refractivity contribution >= 4 is 22.2 Å². The highest BCUT2D eigenvalue weighted by Crippen LogP contribution is 2.48. The maximum atomic E-state index is 12.5. The molecule has 2 fully saturated rings. The Kier molecular flexibility index (Phi) is 3.44. The van der Waals surface area contributed by atoms with Gasteiger partial charge in [0.05, 0.1) is 17.9 Å². The van der Waals surface area contributed by atoms with E-state index >= 15 is 0 Å². The summed E-state index contributed by atoms with van der Waals surface area (Å²) in [6.45, 7) is 4.21. The van der Waals surface area contributed by atoms with E-state index < -0.39 is 12.2 Å². The number of aliphatic hydroxyl groups excluding tert-OH is 2. The molecular formula is C15H20N4O3S. The standard InChI is InChI=1S/C15H20N4O3S/c1-6-11(19-15(17-6)23-7(2)18-19)14(22)16-5-9-3-8-4-10(9)13(21)12(8)20/h8-10,12-13,20-21H,3-5H2,1-2H3,(H,16,22)/t8-,9-,10-,12+,13-/m0/s1. The van der Waals surface area contributed by atoms with E-state index in [1.54, 1.807) is 4.52 Å². The molecule has 4 rings (SSSR count). The minimum Gasteiger partial charge on any atom is -0.390 e. The number of hydrogen-bond donors (Lipinski definition) is 3. The molecule has 2 aliphatic carbocycles. The van der Waals surface area contributed by atoms with Gasteiger partial charge in [-0.25, -0.2) is 4.98 Å². The van der Waals surface area contributed by atoms with Crippen LogP contribution in [0, 0.1) is 31.6 Å². The van der Waals surface area contributed by atoms with E-state index in [1.165, 1.54) is 11.3 Å². The summed E-state index contributed by atoms with van der Waals surface area (Å²) in [6, 6.07) is 0. The predicted molar refractivity (Wildman–Crippen MR) is 84.4 cm³/mol. The summed E-state index contributed by atoms with van der Waals surface area (Å²) in [4.78, 5) is 17.6. The van der Waals surface area contributed by atoms with Crippen molar-refractivity contribution in [3.8, 4) is 0 Å². The average molecular weight is 336 g/mol. The van der Waals surface area contributed by atoms with Gasteiger partial charge >= 0.3 is 0 Å². The summed E-state index contributed by atoms with van der Waals surface area (Å²) >= 11 is 1.46. The van der Waals surface area contributed by atoms with Gasteiger partial charge in [-0.3, -0.25) is 4.79 Å². The largest absolute Gasteiger partial charge is 0.390 e.